The molecule has 0 spiro atoms. The molecule has 0 atom stereocenters. The summed E-state index contributed by atoms with van der Waals surface area (Å²) in [7, 11) is 2.87. The Morgan fingerprint density at radius 2 is 1.72 bits per heavy atom. The second-order valence-corrected chi connectivity index (χ2v) is 11.5. The van der Waals surface area contributed by atoms with E-state index < -0.39 is 18.1 Å². The number of halogens is 3. The van der Waals surface area contributed by atoms with Gasteiger partial charge in [0.2, 0.25) is 5.91 Å². The van der Waals surface area contributed by atoms with Crippen LogP contribution in [0.3, 0.4) is 0 Å². The SMILES string of the molecule is CC(=O)Nc1nc(C)c(S(=O)(=O)Cl)s1.O=S(=O)(Cl)c1ccccc1Br. The molecule has 7 nitrogen and oxygen atoms in total. The van der Waals surface area contributed by atoms with Crippen molar-refractivity contribution in [2.75, 3.05) is 5.32 Å². The minimum absolute atomic E-state index is 0.0390. The highest BCUT2D eigenvalue weighted by Gasteiger charge is 2.19. The Labute approximate surface area is 166 Å². The number of nitrogens with one attached hydrogen (secondary N) is 1. The van der Waals surface area contributed by atoms with E-state index in [4.69, 9.17) is 21.4 Å². The van der Waals surface area contributed by atoms with E-state index in [0.29, 0.717) is 4.47 Å². The van der Waals surface area contributed by atoms with Crippen molar-refractivity contribution in [1.82, 2.24) is 4.98 Å². The van der Waals surface area contributed by atoms with Crippen LogP contribution in [0.2, 0.25) is 0 Å². The topological polar surface area (TPSA) is 110 Å². The van der Waals surface area contributed by atoms with E-state index in [1.807, 2.05) is 0 Å². The van der Waals surface area contributed by atoms with Gasteiger partial charge in [0.05, 0.1) is 10.6 Å². The van der Waals surface area contributed by atoms with E-state index in [9.17, 15) is 21.6 Å². The molecule has 0 aliphatic rings. The number of hydrogen-bond acceptors (Lipinski definition) is 7. The summed E-state index contributed by atoms with van der Waals surface area (Å²) in [4.78, 5) is 14.6. The fraction of sp³-hybridized carbons (Fsp3) is 0.167. The zero-order chi connectivity index (χ0) is 19.4. The number of aryl methyl sites for hydroxylation is 1. The minimum Gasteiger partial charge on any atom is -0.302 e. The summed E-state index contributed by atoms with van der Waals surface area (Å²) in [6.45, 7) is 2.82. The predicted molar refractivity (Wildman–Crippen MR) is 101 cm³/mol. The van der Waals surface area contributed by atoms with Gasteiger partial charge in [0.25, 0.3) is 18.1 Å². The maximum atomic E-state index is 11.0. The van der Waals surface area contributed by atoms with Crippen LogP contribution in [0.4, 0.5) is 5.13 Å². The van der Waals surface area contributed by atoms with Crippen molar-refractivity contribution in [3.63, 3.8) is 0 Å². The zero-order valence-corrected chi connectivity index (χ0v) is 18.2. The lowest BCUT2D eigenvalue weighted by Crippen LogP contribution is -2.04. The van der Waals surface area contributed by atoms with Gasteiger partial charge in [-0.3, -0.25) is 4.79 Å². The number of anilines is 1. The molecule has 0 bridgehead atoms. The van der Waals surface area contributed by atoms with Crippen molar-refractivity contribution in [2.45, 2.75) is 23.0 Å². The molecule has 0 fully saturated rings. The van der Waals surface area contributed by atoms with Gasteiger partial charge in [0.1, 0.15) is 0 Å². The van der Waals surface area contributed by atoms with Crippen molar-refractivity contribution in [3.8, 4) is 0 Å². The normalized spacial score (nSPS) is 11.4. The van der Waals surface area contributed by atoms with Gasteiger partial charge in [0.15, 0.2) is 9.34 Å². The summed E-state index contributed by atoms with van der Waals surface area (Å²) in [5.41, 5.74) is 0.286. The number of aromatic nitrogens is 1. The first-order valence-corrected chi connectivity index (χ1v) is 12.4. The fourth-order valence-electron chi connectivity index (χ4n) is 1.46. The lowest BCUT2D eigenvalue weighted by Gasteiger charge is -1.96. The average Bonchev–Trinajstić information content (AvgIpc) is 2.78. The van der Waals surface area contributed by atoms with Crippen LogP contribution >= 0.6 is 48.6 Å². The van der Waals surface area contributed by atoms with Crippen molar-refractivity contribution in [2.24, 2.45) is 0 Å². The Balaban J connectivity index is 0.000000257. The Morgan fingerprint density at radius 1 is 1.16 bits per heavy atom. The van der Waals surface area contributed by atoms with Crippen LogP contribution < -0.4 is 5.32 Å². The molecule has 2 aromatic rings. The van der Waals surface area contributed by atoms with E-state index in [1.165, 1.54) is 19.9 Å². The molecule has 1 aromatic heterocycles. The first-order chi connectivity index (χ1) is 11.3. The molecule has 13 heteroatoms. The third-order valence-corrected chi connectivity index (χ3v) is 7.94. The van der Waals surface area contributed by atoms with Crippen molar-refractivity contribution in [1.29, 1.82) is 0 Å². The number of amides is 1. The number of carbonyl (C=O) groups is 1. The molecule has 1 N–H and O–H groups in total. The lowest BCUT2D eigenvalue weighted by molar-refractivity contribution is -0.114. The minimum atomic E-state index is -3.77. The van der Waals surface area contributed by atoms with Crippen molar-refractivity contribution < 1.29 is 21.6 Å². The maximum Gasteiger partial charge on any atom is 0.272 e. The molecule has 1 amide bonds. The molecular formula is C12H11BrCl2N2O5S3. The van der Waals surface area contributed by atoms with Crippen LogP contribution in [0.5, 0.6) is 0 Å². The smallest absolute Gasteiger partial charge is 0.272 e. The maximum absolute atomic E-state index is 11.0. The van der Waals surface area contributed by atoms with E-state index in [-0.39, 0.29) is 25.8 Å². The van der Waals surface area contributed by atoms with Gasteiger partial charge in [0, 0.05) is 32.8 Å². The number of hydrogen-bond donors (Lipinski definition) is 1. The standard InChI is InChI=1S/C6H4BrClO2S.C6H7ClN2O3S2/c7-5-3-1-2-4-6(5)11(8,9)10;1-3-5(14(7,11)12)13-6(8-3)9-4(2)10/h1-4H;1-2H3,(H,8,9,10). The Bertz CT molecular complexity index is 990. The van der Waals surface area contributed by atoms with E-state index in [0.717, 1.165) is 11.3 Å². The molecule has 0 radical (unpaired) electrons. The molecule has 0 aliphatic heterocycles. The molecule has 1 aromatic carbocycles. The van der Waals surface area contributed by atoms with Crippen LogP contribution in [-0.2, 0) is 22.9 Å². The summed E-state index contributed by atoms with van der Waals surface area (Å²) >= 11 is 3.90. The molecule has 1 heterocycles. The average molecular weight is 510 g/mol. The number of benzene rings is 1. The summed E-state index contributed by atoms with van der Waals surface area (Å²) in [6, 6.07) is 6.39. The Hall–Kier alpha value is -0.720. The molecule has 0 saturated carbocycles. The molecule has 138 valence electrons. The van der Waals surface area contributed by atoms with Crippen LogP contribution in [0, 0.1) is 6.92 Å². The van der Waals surface area contributed by atoms with Gasteiger partial charge in [-0.05, 0) is 35.0 Å². The zero-order valence-electron chi connectivity index (χ0n) is 12.7. The lowest BCUT2D eigenvalue weighted by atomic mass is 10.4. The summed E-state index contributed by atoms with van der Waals surface area (Å²) < 4.78 is 44.0. The quantitative estimate of drug-likeness (QED) is 0.631. The Morgan fingerprint density at radius 3 is 2.08 bits per heavy atom. The molecular weight excluding hydrogens is 499 g/mol. The number of rotatable bonds is 3. The summed E-state index contributed by atoms with van der Waals surface area (Å²) in [5.74, 6) is -0.308. The van der Waals surface area contributed by atoms with Crippen LogP contribution in [0.15, 0.2) is 37.8 Å². The molecule has 0 saturated heterocycles. The highest BCUT2D eigenvalue weighted by atomic mass is 79.9. The van der Waals surface area contributed by atoms with Crippen molar-refractivity contribution >= 4 is 77.8 Å². The molecule has 2 rings (SSSR count). The van der Waals surface area contributed by atoms with E-state index in [1.54, 1.807) is 18.2 Å². The van der Waals surface area contributed by atoms with Crippen LogP contribution in [0.1, 0.15) is 12.6 Å². The Kier molecular flexibility index (Phi) is 7.84. The fourth-order valence-corrected chi connectivity index (χ4v) is 6.00. The van der Waals surface area contributed by atoms with Gasteiger partial charge in [-0.25, -0.2) is 21.8 Å². The second-order valence-electron chi connectivity index (χ2n) is 4.38. The predicted octanol–water partition coefficient (Wildman–Crippen LogP) is 3.71. The van der Waals surface area contributed by atoms with Gasteiger partial charge < -0.3 is 5.32 Å². The third-order valence-electron chi connectivity index (χ3n) is 2.36. The summed E-state index contributed by atoms with van der Waals surface area (Å²) in [5, 5.41) is 2.61. The third kappa shape index (κ3) is 7.19. The monoisotopic (exact) mass is 508 g/mol. The molecule has 25 heavy (non-hydrogen) atoms. The first-order valence-electron chi connectivity index (χ1n) is 6.21. The number of nitrogens with zero attached hydrogens (tertiary/aromatic N) is 1. The number of thiazole rings is 1. The van der Waals surface area contributed by atoms with Gasteiger partial charge in [-0.2, -0.15) is 0 Å². The van der Waals surface area contributed by atoms with E-state index >= 15 is 0 Å². The molecule has 0 unspecified atom stereocenters. The highest BCUT2D eigenvalue weighted by molar-refractivity contribution is 9.10. The largest absolute Gasteiger partial charge is 0.302 e. The van der Waals surface area contributed by atoms with E-state index in [2.05, 4.69) is 26.2 Å². The molecule has 0 aliphatic carbocycles. The summed E-state index contributed by atoms with van der Waals surface area (Å²) in [6.07, 6.45) is 0. The van der Waals surface area contributed by atoms with Gasteiger partial charge >= 0.3 is 0 Å². The van der Waals surface area contributed by atoms with Gasteiger partial charge in [-0.1, -0.05) is 23.5 Å². The van der Waals surface area contributed by atoms with Crippen LogP contribution in [0.25, 0.3) is 0 Å². The highest BCUT2D eigenvalue weighted by Crippen LogP contribution is 2.29. The first kappa shape index (κ1) is 22.3. The number of carbonyl (C=O) groups excluding carboxylic acids is 1. The van der Waals surface area contributed by atoms with Gasteiger partial charge in [-0.15, -0.1) is 0 Å². The van der Waals surface area contributed by atoms with Crippen LogP contribution in [-0.4, -0.2) is 27.7 Å². The second kappa shape index (κ2) is 8.78. The van der Waals surface area contributed by atoms with Crippen molar-refractivity contribution in [3.05, 3.63) is 34.4 Å².